The number of likely N-dealkylation sites (tertiary alicyclic amines) is 2. The lowest BCUT2D eigenvalue weighted by Crippen LogP contribution is -2.38. The minimum absolute atomic E-state index is 0.170. The molecule has 0 bridgehead atoms. The first-order valence-corrected chi connectivity index (χ1v) is 6.66. The van der Waals surface area contributed by atoms with Gasteiger partial charge < -0.3 is 9.64 Å². The fourth-order valence-corrected chi connectivity index (χ4v) is 2.75. The lowest BCUT2D eigenvalue weighted by atomic mass is 10.00. The van der Waals surface area contributed by atoms with Gasteiger partial charge in [-0.1, -0.05) is 5.92 Å². The Morgan fingerprint density at radius 3 is 2.40 bits per heavy atom. The fraction of sp³-hybridized carbons (Fsp3) is 0.643. The van der Waals surface area contributed by atoms with Crippen molar-refractivity contribution < 1.29 is 19.1 Å². The zero-order chi connectivity index (χ0) is 14.7. The van der Waals surface area contributed by atoms with Gasteiger partial charge in [0.1, 0.15) is 0 Å². The summed E-state index contributed by atoms with van der Waals surface area (Å²) < 4.78 is 4.92. The van der Waals surface area contributed by atoms with E-state index in [-0.39, 0.29) is 17.7 Å². The molecule has 6 heteroatoms. The van der Waals surface area contributed by atoms with E-state index in [1.165, 1.54) is 9.80 Å². The van der Waals surface area contributed by atoms with E-state index in [1.807, 2.05) is 0 Å². The molecule has 0 saturated carbocycles. The Morgan fingerprint density at radius 2 is 1.90 bits per heavy atom. The maximum atomic E-state index is 12.2. The molecule has 2 atom stereocenters. The van der Waals surface area contributed by atoms with Crippen LogP contribution < -0.4 is 0 Å². The number of imide groups is 1. The summed E-state index contributed by atoms with van der Waals surface area (Å²) in [5.41, 5.74) is 0. The average Bonchev–Trinajstić information content (AvgIpc) is 2.95. The van der Waals surface area contributed by atoms with E-state index < -0.39 is 11.8 Å². The highest BCUT2D eigenvalue weighted by Crippen LogP contribution is 2.33. The number of methoxy groups -OCH3 is 1. The normalized spacial score (nSPS) is 24.7. The Hall–Kier alpha value is -1.87. The third-order valence-corrected chi connectivity index (χ3v) is 3.74. The molecule has 108 valence electrons. The SMILES string of the molecule is CC#CC(=O)N1C[C@@H]2C(=O)N(CCCOC)C(=O)[C@@H]2C1. The maximum absolute atomic E-state index is 12.2. The third kappa shape index (κ3) is 2.54. The minimum atomic E-state index is -0.396. The second-order valence-electron chi connectivity index (χ2n) is 4.97. The number of hydrogen-bond acceptors (Lipinski definition) is 4. The van der Waals surface area contributed by atoms with Crippen LogP contribution in [0.3, 0.4) is 0 Å². The first-order valence-electron chi connectivity index (χ1n) is 6.66. The number of ether oxygens (including phenoxy) is 1. The molecule has 6 nitrogen and oxygen atoms in total. The van der Waals surface area contributed by atoms with Crippen LogP contribution in [0.4, 0.5) is 0 Å². The minimum Gasteiger partial charge on any atom is -0.385 e. The predicted molar refractivity (Wildman–Crippen MR) is 70.2 cm³/mol. The van der Waals surface area contributed by atoms with Gasteiger partial charge in [0, 0.05) is 33.4 Å². The molecular weight excluding hydrogens is 260 g/mol. The zero-order valence-corrected chi connectivity index (χ0v) is 11.7. The second-order valence-corrected chi connectivity index (χ2v) is 4.97. The number of nitrogens with zero attached hydrogens (tertiary/aromatic N) is 2. The monoisotopic (exact) mass is 278 g/mol. The van der Waals surface area contributed by atoms with Crippen LogP contribution in [-0.2, 0) is 19.1 Å². The van der Waals surface area contributed by atoms with Crippen molar-refractivity contribution in [3.8, 4) is 11.8 Å². The lowest BCUT2D eigenvalue weighted by molar-refractivity contribution is -0.141. The molecule has 2 heterocycles. The van der Waals surface area contributed by atoms with Gasteiger partial charge in [-0.25, -0.2) is 0 Å². The van der Waals surface area contributed by atoms with Gasteiger partial charge in [0.15, 0.2) is 0 Å². The van der Waals surface area contributed by atoms with E-state index in [1.54, 1.807) is 14.0 Å². The van der Waals surface area contributed by atoms with Crippen molar-refractivity contribution in [2.24, 2.45) is 11.8 Å². The van der Waals surface area contributed by atoms with E-state index in [9.17, 15) is 14.4 Å². The standard InChI is InChI=1S/C14H18N2O4/c1-3-5-12(17)15-8-10-11(9-15)14(19)16(13(10)18)6-4-7-20-2/h10-11H,4,6-9H2,1-2H3/t10-,11+. The molecular formula is C14H18N2O4. The van der Waals surface area contributed by atoms with Crippen LogP contribution in [0.2, 0.25) is 0 Å². The van der Waals surface area contributed by atoms with Gasteiger partial charge in [-0.2, -0.15) is 0 Å². The van der Waals surface area contributed by atoms with Crippen LogP contribution in [-0.4, -0.2) is 60.9 Å². The van der Waals surface area contributed by atoms with Crippen LogP contribution >= 0.6 is 0 Å². The smallest absolute Gasteiger partial charge is 0.298 e. The van der Waals surface area contributed by atoms with Crippen LogP contribution in [0.15, 0.2) is 0 Å². The molecule has 3 amide bonds. The summed E-state index contributed by atoms with van der Waals surface area (Å²) in [4.78, 5) is 38.9. The maximum Gasteiger partial charge on any atom is 0.298 e. The van der Waals surface area contributed by atoms with Crippen molar-refractivity contribution in [1.82, 2.24) is 9.80 Å². The summed E-state index contributed by atoms with van der Waals surface area (Å²) in [5.74, 6) is 3.54. The third-order valence-electron chi connectivity index (χ3n) is 3.74. The van der Waals surface area contributed by atoms with Gasteiger partial charge in [-0.15, -0.1) is 0 Å². The molecule has 0 aromatic rings. The molecule has 0 aromatic heterocycles. The van der Waals surface area contributed by atoms with Gasteiger partial charge in [-0.3, -0.25) is 19.3 Å². The topological polar surface area (TPSA) is 66.9 Å². The Balaban J connectivity index is 2.00. The predicted octanol–water partition coefficient (Wildman–Crippen LogP) is -0.510. The largest absolute Gasteiger partial charge is 0.385 e. The van der Waals surface area contributed by atoms with Crippen molar-refractivity contribution in [1.29, 1.82) is 0 Å². The first-order chi connectivity index (χ1) is 9.60. The lowest BCUT2D eigenvalue weighted by Gasteiger charge is -2.19. The van der Waals surface area contributed by atoms with E-state index in [0.29, 0.717) is 32.7 Å². The van der Waals surface area contributed by atoms with Crippen LogP contribution in [0.1, 0.15) is 13.3 Å². The van der Waals surface area contributed by atoms with Gasteiger partial charge in [-0.05, 0) is 19.3 Å². The van der Waals surface area contributed by atoms with Crippen molar-refractivity contribution in [2.75, 3.05) is 33.4 Å². The highest BCUT2D eigenvalue weighted by Gasteiger charge is 2.52. The Labute approximate surface area is 118 Å². The highest BCUT2D eigenvalue weighted by molar-refractivity contribution is 6.06. The summed E-state index contributed by atoms with van der Waals surface area (Å²) in [5, 5.41) is 0. The summed E-state index contributed by atoms with van der Waals surface area (Å²) in [6, 6.07) is 0. The molecule has 0 aliphatic carbocycles. The molecule has 0 N–H and O–H groups in total. The molecule has 0 unspecified atom stereocenters. The number of amides is 3. The summed E-state index contributed by atoms with van der Waals surface area (Å²) in [6.45, 7) is 3.08. The second kappa shape index (κ2) is 6.06. The molecule has 2 fully saturated rings. The molecule has 0 radical (unpaired) electrons. The summed E-state index contributed by atoms with van der Waals surface area (Å²) in [6.07, 6.45) is 0.636. The summed E-state index contributed by atoms with van der Waals surface area (Å²) in [7, 11) is 1.58. The summed E-state index contributed by atoms with van der Waals surface area (Å²) >= 11 is 0. The molecule has 2 aliphatic heterocycles. The number of rotatable bonds is 4. The Morgan fingerprint density at radius 1 is 1.30 bits per heavy atom. The van der Waals surface area contributed by atoms with E-state index in [0.717, 1.165) is 0 Å². The van der Waals surface area contributed by atoms with E-state index in [2.05, 4.69) is 11.8 Å². The number of hydrogen-bond donors (Lipinski definition) is 0. The Bertz CT molecular complexity index is 467. The number of fused-ring (bicyclic) bond motifs is 1. The number of carbonyl (C=O) groups excluding carboxylic acids is 3. The van der Waals surface area contributed by atoms with E-state index >= 15 is 0 Å². The van der Waals surface area contributed by atoms with Crippen molar-refractivity contribution >= 4 is 17.7 Å². The van der Waals surface area contributed by atoms with Crippen molar-refractivity contribution in [3.63, 3.8) is 0 Å². The van der Waals surface area contributed by atoms with E-state index in [4.69, 9.17) is 4.74 Å². The molecule has 20 heavy (non-hydrogen) atoms. The fourth-order valence-electron chi connectivity index (χ4n) is 2.75. The van der Waals surface area contributed by atoms with Crippen molar-refractivity contribution in [2.45, 2.75) is 13.3 Å². The van der Waals surface area contributed by atoms with Gasteiger partial charge >= 0.3 is 0 Å². The average molecular weight is 278 g/mol. The van der Waals surface area contributed by atoms with Crippen LogP contribution in [0.25, 0.3) is 0 Å². The molecule has 0 aromatic carbocycles. The van der Waals surface area contributed by atoms with Gasteiger partial charge in [0.2, 0.25) is 11.8 Å². The van der Waals surface area contributed by atoms with Gasteiger partial charge in [0.05, 0.1) is 11.8 Å². The number of carbonyl (C=O) groups is 3. The molecule has 2 aliphatic rings. The molecule has 2 saturated heterocycles. The Kier molecular flexibility index (Phi) is 4.40. The van der Waals surface area contributed by atoms with Crippen molar-refractivity contribution in [3.05, 3.63) is 0 Å². The van der Waals surface area contributed by atoms with Gasteiger partial charge in [0.25, 0.3) is 5.91 Å². The highest BCUT2D eigenvalue weighted by atomic mass is 16.5. The zero-order valence-electron chi connectivity index (χ0n) is 11.7. The molecule has 2 rings (SSSR count). The van der Waals surface area contributed by atoms with Crippen LogP contribution in [0.5, 0.6) is 0 Å². The molecule has 0 spiro atoms. The first kappa shape index (κ1) is 14.5. The van der Waals surface area contributed by atoms with Crippen LogP contribution in [0, 0.1) is 23.7 Å². The quantitative estimate of drug-likeness (QED) is 0.395.